The van der Waals surface area contributed by atoms with Crippen molar-refractivity contribution < 1.29 is 14.6 Å². The van der Waals surface area contributed by atoms with Gasteiger partial charge in [0.1, 0.15) is 0 Å². The molecule has 0 radical (unpaired) electrons. The van der Waals surface area contributed by atoms with Crippen LogP contribution in [0.15, 0.2) is 0 Å². The SMILES string of the molecule is CCOC1CC(NC(C)CCO)C1OC. The second-order valence-electron chi connectivity index (χ2n) is 4.12. The van der Waals surface area contributed by atoms with Crippen LogP contribution in [0.4, 0.5) is 0 Å². The molecule has 0 aromatic heterocycles. The molecule has 1 aliphatic rings. The van der Waals surface area contributed by atoms with Gasteiger partial charge in [0.2, 0.25) is 0 Å². The van der Waals surface area contributed by atoms with Crippen LogP contribution in [0.5, 0.6) is 0 Å². The van der Waals surface area contributed by atoms with Gasteiger partial charge < -0.3 is 19.9 Å². The van der Waals surface area contributed by atoms with E-state index in [1.807, 2.05) is 6.92 Å². The average Bonchev–Trinajstić information content (AvgIpc) is 2.17. The summed E-state index contributed by atoms with van der Waals surface area (Å²) in [6.07, 6.45) is 2.18. The van der Waals surface area contributed by atoms with Crippen molar-refractivity contribution in [2.75, 3.05) is 20.3 Å². The minimum Gasteiger partial charge on any atom is -0.396 e. The molecule has 1 rings (SSSR count). The lowest BCUT2D eigenvalue weighted by molar-refractivity contribution is -0.133. The van der Waals surface area contributed by atoms with Gasteiger partial charge in [0.15, 0.2) is 0 Å². The summed E-state index contributed by atoms with van der Waals surface area (Å²) in [5.41, 5.74) is 0. The fraction of sp³-hybridized carbons (Fsp3) is 1.00. The first kappa shape index (κ1) is 12.9. The Bertz CT molecular complexity index is 177. The summed E-state index contributed by atoms with van der Waals surface area (Å²) in [6.45, 7) is 5.05. The van der Waals surface area contributed by atoms with E-state index in [0.717, 1.165) is 19.4 Å². The first-order chi connectivity index (χ1) is 7.22. The van der Waals surface area contributed by atoms with Crippen molar-refractivity contribution in [2.45, 2.75) is 51.0 Å². The summed E-state index contributed by atoms with van der Waals surface area (Å²) in [4.78, 5) is 0. The highest BCUT2D eigenvalue weighted by atomic mass is 16.5. The molecular weight excluding hydrogens is 194 g/mol. The molecule has 4 heteroatoms. The number of aliphatic hydroxyl groups excluding tert-OH is 1. The monoisotopic (exact) mass is 217 g/mol. The highest BCUT2D eigenvalue weighted by Gasteiger charge is 2.42. The molecule has 4 unspecified atom stereocenters. The Labute approximate surface area is 92.0 Å². The highest BCUT2D eigenvalue weighted by Crippen LogP contribution is 2.27. The maximum absolute atomic E-state index is 8.80. The van der Waals surface area contributed by atoms with E-state index >= 15 is 0 Å². The van der Waals surface area contributed by atoms with Crippen LogP contribution in [0.3, 0.4) is 0 Å². The van der Waals surface area contributed by atoms with Crippen molar-refractivity contribution in [2.24, 2.45) is 0 Å². The van der Waals surface area contributed by atoms with Crippen LogP contribution < -0.4 is 5.32 Å². The Kier molecular flexibility index (Phi) is 5.53. The Morgan fingerprint density at radius 2 is 2.27 bits per heavy atom. The fourth-order valence-electron chi connectivity index (χ4n) is 2.08. The third kappa shape index (κ3) is 3.41. The largest absolute Gasteiger partial charge is 0.396 e. The molecule has 0 saturated heterocycles. The van der Waals surface area contributed by atoms with Gasteiger partial charge in [-0.15, -0.1) is 0 Å². The second kappa shape index (κ2) is 6.43. The van der Waals surface area contributed by atoms with Crippen LogP contribution in [-0.2, 0) is 9.47 Å². The zero-order valence-corrected chi connectivity index (χ0v) is 9.90. The van der Waals surface area contributed by atoms with E-state index in [-0.39, 0.29) is 18.8 Å². The van der Waals surface area contributed by atoms with Crippen LogP contribution in [0.25, 0.3) is 0 Å². The maximum atomic E-state index is 8.80. The first-order valence-electron chi connectivity index (χ1n) is 5.74. The van der Waals surface area contributed by atoms with E-state index in [4.69, 9.17) is 14.6 Å². The van der Waals surface area contributed by atoms with Crippen molar-refractivity contribution in [1.82, 2.24) is 5.32 Å². The molecule has 4 nitrogen and oxygen atoms in total. The molecular formula is C11H23NO3. The molecule has 15 heavy (non-hydrogen) atoms. The lowest BCUT2D eigenvalue weighted by Gasteiger charge is -2.44. The summed E-state index contributed by atoms with van der Waals surface area (Å²) in [5, 5.41) is 12.2. The van der Waals surface area contributed by atoms with E-state index in [1.54, 1.807) is 7.11 Å². The van der Waals surface area contributed by atoms with Gasteiger partial charge in [-0.1, -0.05) is 0 Å². The van der Waals surface area contributed by atoms with Crippen molar-refractivity contribution in [1.29, 1.82) is 0 Å². The van der Waals surface area contributed by atoms with Crippen molar-refractivity contribution >= 4 is 0 Å². The average molecular weight is 217 g/mol. The summed E-state index contributed by atoms with van der Waals surface area (Å²) in [5.74, 6) is 0. The molecule has 90 valence electrons. The molecule has 2 N–H and O–H groups in total. The zero-order chi connectivity index (χ0) is 11.3. The van der Waals surface area contributed by atoms with E-state index in [9.17, 15) is 0 Å². The Morgan fingerprint density at radius 1 is 1.53 bits per heavy atom. The molecule has 1 saturated carbocycles. The molecule has 4 atom stereocenters. The zero-order valence-electron chi connectivity index (χ0n) is 9.90. The van der Waals surface area contributed by atoms with Crippen molar-refractivity contribution in [3.8, 4) is 0 Å². The molecule has 1 aliphatic carbocycles. The van der Waals surface area contributed by atoms with E-state index in [0.29, 0.717) is 12.1 Å². The number of ether oxygens (including phenoxy) is 2. The first-order valence-corrected chi connectivity index (χ1v) is 5.74. The smallest absolute Gasteiger partial charge is 0.0986 e. The van der Waals surface area contributed by atoms with Crippen LogP contribution in [0.1, 0.15) is 26.7 Å². The van der Waals surface area contributed by atoms with Gasteiger partial charge >= 0.3 is 0 Å². The summed E-state index contributed by atoms with van der Waals surface area (Å²) in [7, 11) is 1.72. The van der Waals surface area contributed by atoms with Gasteiger partial charge in [0, 0.05) is 32.4 Å². The quantitative estimate of drug-likeness (QED) is 0.653. The Morgan fingerprint density at radius 3 is 2.80 bits per heavy atom. The standard InChI is InChI=1S/C11H23NO3/c1-4-15-10-7-9(11(10)14-3)12-8(2)5-6-13/h8-13H,4-7H2,1-3H3. The lowest BCUT2D eigenvalue weighted by atomic mass is 9.84. The summed E-state index contributed by atoms with van der Waals surface area (Å²) >= 11 is 0. The van der Waals surface area contributed by atoms with Gasteiger partial charge in [-0.25, -0.2) is 0 Å². The van der Waals surface area contributed by atoms with Gasteiger partial charge in [-0.2, -0.15) is 0 Å². The third-order valence-electron chi connectivity index (χ3n) is 2.96. The lowest BCUT2D eigenvalue weighted by Crippen LogP contribution is -2.61. The predicted octanol–water partition coefficient (Wildman–Crippen LogP) is 0.539. The highest BCUT2D eigenvalue weighted by molar-refractivity contribution is 4.97. The van der Waals surface area contributed by atoms with Crippen LogP contribution in [-0.4, -0.2) is 49.7 Å². The van der Waals surface area contributed by atoms with Crippen molar-refractivity contribution in [3.05, 3.63) is 0 Å². The van der Waals surface area contributed by atoms with Crippen LogP contribution in [0, 0.1) is 0 Å². The number of hydrogen-bond acceptors (Lipinski definition) is 4. The number of hydrogen-bond donors (Lipinski definition) is 2. The second-order valence-corrected chi connectivity index (χ2v) is 4.12. The van der Waals surface area contributed by atoms with E-state index in [2.05, 4.69) is 12.2 Å². The maximum Gasteiger partial charge on any atom is 0.0986 e. The molecule has 0 aromatic carbocycles. The molecule has 0 heterocycles. The van der Waals surface area contributed by atoms with Crippen molar-refractivity contribution in [3.63, 3.8) is 0 Å². The summed E-state index contributed by atoms with van der Waals surface area (Å²) < 4.78 is 10.9. The molecule has 0 amide bonds. The molecule has 0 aliphatic heterocycles. The van der Waals surface area contributed by atoms with Crippen LogP contribution >= 0.6 is 0 Å². The minimum atomic E-state index is 0.158. The minimum absolute atomic E-state index is 0.158. The molecule has 0 spiro atoms. The number of methoxy groups -OCH3 is 1. The van der Waals surface area contributed by atoms with E-state index in [1.165, 1.54) is 0 Å². The topological polar surface area (TPSA) is 50.7 Å². The Hall–Kier alpha value is -0.160. The van der Waals surface area contributed by atoms with Gasteiger partial charge in [0.25, 0.3) is 0 Å². The van der Waals surface area contributed by atoms with Gasteiger partial charge in [-0.05, 0) is 26.7 Å². The normalized spacial score (nSPS) is 32.4. The fourth-order valence-corrected chi connectivity index (χ4v) is 2.08. The third-order valence-corrected chi connectivity index (χ3v) is 2.96. The summed E-state index contributed by atoms with van der Waals surface area (Å²) in [6, 6.07) is 0.702. The van der Waals surface area contributed by atoms with E-state index < -0.39 is 0 Å². The predicted molar refractivity (Wildman–Crippen MR) is 58.9 cm³/mol. The molecule has 1 fully saturated rings. The molecule has 0 bridgehead atoms. The van der Waals surface area contributed by atoms with Crippen LogP contribution in [0.2, 0.25) is 0 Å². The van der Waals surface area contributed by atoms with Gasteiger partial charge in [0.05, 0.1) is 12.2 Å². The molecule has 0 aromatic rings. The number of rotatable bonds is 7. The number of nitrogens with one attached hydrogen (secondary N) is 1. The van der Waals surface area contributed by atoms with Gasteiger partial charge in [-0.3, -0.25) is 0 Å². The Balaban J connectivity index is 2.26. The number of aliphatic hydroxyl groups is 1.